The number of imide groups is 1. The van der Waals surface area contributed by atoms with Gasteiger partial charge in [0.2, 0.25) is 11.8 Å². The molecule has 1 saturated heterocycles. The molecule has 1 aliphatic rings. The zero-order chi connectivity index (χ0) is 12.4. The standard InChI is InChI=1S/C12H11NO4/c1-17-8-4-2-7(3-5-8)11(15)9-6-10(14)13-12(9)16/h2-5,9H,6H2,1H3,(H,13,14,16)/t9-/m0/s1. The summed E-state index contributed by atoms with van der Waals surface area (Å²) in [7, 11) is 1.53. The monoisotopic (exact) mass is 233 g/mol. The minimum absolute atomic E-state index is 0.0658. The average Bonchev–Trinajstić information content (AvgIpc) is 2.68. The first-order chi connectivity index (χ1) is 8.11. The molecule has 0 aromatic heterocycles. The molecule has 2 amide bonds. The van der Waals surface area contributed by atoms with Crippen LogP contribution in [0, 0.1) is 5.92 Å². The number of methoxy groups -OCH3 is 1. The average molecular weight is 233 g/mol. The molecule has 0 bridgehead atoms. The van der Waals surface area contributed by atoms with Gasteiger partial charge in [0.1, 0.15) is 11.7 Å². The number of benzene rings is 1. The van der Waals surface area contributed by atoms with Gasteiger partial charge >= 0.3 is 0 Å². The van der Waals surface area contributed by atoms with E-state index >= 15 is 0 Å². The van der Waals surface area contributed by atoms with Crippen molar-refractivity contribution < 1.29 is 19.1 Å². The SMILES string of the molecule is COc1ccc(C(=O)[C@@H]2CC(=O)NC2=O)cc1. The second kappa shape index (κ2) is 4.37. The Morgan fingerprint density at radius 2 is 1.94 bits per heavy atom. The topological polar surface area (TPSA) is 72.5 Å². The maximum atomic E-state index is 11.9. The van der Waals surface area contributed by atoms with Crippen LogP contribution in [0.2, 0.25) is 0 Å². The summed E-state index contributed by atoms with van der Waals surface area (Å²) < 4.78 is 4.97. The Labute approximate surface area is 97.8 Å². The molecule has 5 nitrogen and oxygen atoms in total. The number of amides is 2. The molecule has 1 aliphatic heterocycles. The van der Waals surface area contributed by atoms with Crippen LogP contribution in [-0.2, 0) is 9.59 Å². The Morgan fingerprint density at radius 1 is 1.29 bits per heavy atom. The van der Waals surface area contributed by atoms with Crippen molar-refractivity contribution in [1.82, 2.24) is 5.32 Å². The summed E-state index contributed by atoms with van der Waals surface area (Å²) >= 11 is 0. The van der Waals surface area contributed by atoms with Crippen molar-refractivity contribution in [2.24, 2.45) is 5.92 Å². The van der Waals surface area contributed by atoms with Crippen molar-refractivity contribution in [2.45, 2.75) is 6.42 Å². The van der Waals surface area contributed by atoms with Crippen LogP contribution in [0.1, 0.15) is 16.8 Å². The summed E-state index contributed by atoms with van der Waals surface area (Å²) in [5, 5.41) is 2.12. The molecule has 5 heteroatoms. The summed E-state index contributed by atoms with van der Waals surface area (Å²) in [6, 6.07) is 6.44. The Bertz CT molecular complexity index is 478. The van der Waals surface area contributed by atoms with E-state index in [2.05, 4.69) is 5.32 Å². The molecule has 2 rings (SSSR count). The van der Waals surface area contributed by atoms with Gasteiger partial charge in [0.05, 0.1) is 7.11 Å². The third-order valence-corrected chi connectivity index (χ3v) is 2.66. The lowest BCUT2D eigenvalue weighted by Gasteiger charge is -2.05. The Hall–Kier alpha value is -2.17. The van der Waals surface area contributed by atoms with Crippen molar-refractivity contribution in [1.29, 1.82) is 0 Å². The van der Waals surface area contributed by atoms with Crippen LogP contribution in [0.3, 0.4) is 0 Å². The second-order valence-corrected chi connectivity index (χ2v) is 3.76. The number of carbonyl (C=O) groups is 3. The number of Topliss-reactive ketones (excluding diaryl/α,β-unsaturated/α-hetero) is 1. The summed E-state index contributed by atoms with van der Waals surface area (Å²) in [5.74, 6) is -1.52. The van der Waals surface area contributed by atoms with E-state index in [4.69, 9.17) is 4.74 Å². The van der Waals surface area contributed by atoms with E-state index < -0.39 is 17.7 Å². The highest BCUT2D eigenvalue weighted by atomic mass is 16.5. The van der Waals surface area contributed by atoms with Crippen LogP contribution >= 0.6 is 0 Å². The first-order valence-electron chi connectivity index (χ1n) is 5.14. The minimum Gasteiger partial charge on any atom is -0.497 e. The summed E-state index contributed by atoms with van der Waals surface area (Å²) in [5.41, 5.74) is 0.403. The molecule has 0 unspecified atom stereocenters. The Morgan fingerprint density at radius 3 is 2.41 bits per heavy atom. The van der Waals surface area contributed by atoms with Gasteiger partial charge in [0, 0.05) is 12.0 Å². The zero-order valence-corrected chi connectivity index (χ0v) is 9.23. The highest BCUT2D eigenvalue weighted by Crippen LogP contribution is 2.19. The van der Waals surface area contributed by atoms with Crippen LogP contribution < -0.4 is 10.1 Å². The number of ketones is 1. The molecule has 0 aliphatic carbocycles. The second-order valence-electron chi connectivity index (χ2n) is 3.76. The van der Waals surface area contributed by atoms with Gasteiger partial charge in [-0.3, -0.25) is 19.7 Å². The molecule has 0 saturated carbocycles. The van der Waals surface area contributed by atoms with Gasteiger partial charge in [-0.25, -0.2) is 0 Å². The summed E-state index contributed by atoms with van der Waals surface area (Å²) in [6.45, 7) is 0. The fourth-order valence-corrected chi connectivity index (χ4v) is 1.72. The van der Waals surface area contributed by atoms with Crippen molar-refractivity contribution in [3.63, 3.8) is 0 Å². The Kier molecular flexibility index (Phi) is 2.91. The van der Waals surface area contributed by atoms with E-state index in [1.807, 2.05) is 0 Å². The van der Waals surface area contributed by atoms with Gasteiger partial charge in [-0.2, -0.15) is 0 Å². The molecule has 1 N–H and O–H groups in total. The highest BCUT2D eigenvalue weighted by molar-refractivity contribution is 6.18. The first kappa shape index (κ1) is 11.3. The predicted octanol–water partition coefficient (Wildman–Crippen LogP) is 0.541. The minimum atomic E-state index is -0.893. The number of hydrogen-bond donors (Lipinski definition) is 1. The number of hydrogen-bond acceptors (Lipinski definition) is 4. The van der Waals surface area contributed by atoms with E-state index in [1.165, 1.54) is 7.11 Å². The van der Waals surface area contributed by atoms with E-state index in [-0.39, 0.29) is 12.2 Å². The van der Waals surface area contributed by atoms with Gasteiger partial charge in [-0.1, -0.05) is 0 Å². The van der Waals surface area contributed by atoms with Crippen LogP contribution in [0.25, 0.3) is 0 Å². The van der Waals surface area contributed by atoms with Gasteiger partial charge in [-0.05, 0) is 24.3 Å². The number of nitrogens with one attached hydrogen (secondary N) is 1. The molecule has 1 aromatic carbocycles. The van der Waals surface area contributed by atoms with Crippen molar-refractivity contribution in [3.8, 4) is 5.75 Å². The quantitative estimate of drug-likeness (QED) is 0.470. The van der Waals surface area contributed by atoms with Crippen molar-refractivity contribution in [2.75, 3.05) is 7.11 Å². The number of ether oxygens (including phenoxy) is 1. The normalized spacial score (nSPS) is 19.0. The number of carbonyl (C=O) groups excluding carboxylic acids is 3. The lowest BCUT2D eigenvalue weighted by molar-refractivity contribution is -0.125. The maximum absolute atomic E-state index is 11.9. The van der Waals surface area contributed by atoms with Crippen LogP contribution in [0.15, 0.2) is 24.3 Å². The van der Waals surface area contributed by atoms with Crippen molar-refractivity contribution in [3.05, 3.63) is 29.8 Å². The van der Waals surface area contributed by atoms with Crippen molar-refractivity contribution >= 4 is 17.6 Å². The fourth-order valence-electron chi connectivity index (χ4n) is 1.72. The molecular weight excluding hydrogens is 222 g/mol. The van der Waals surface area contributed by atoms with E-state index in [0.717, 1.165) is 0 Å². The smallest absolute Gasteiger partial charge is 0.238 e. The first-order valence-corrected chi connectivity index (χ1v) is 5.14. The molecular formula is C12H11NO4. The molecule has 88 valence electrons. The van der Waals surface area contributed by atoms with E-state index in [1.54, 1.807) is 24.3 Å². The van der Waals surface area contributed by atoms with Crippen LogP contribution in [-0.4, -0.2) is 24.7 Å². The van der Waals surface area contributed by atoms with Gasteiger partial charge < -0.3 is 4.74 Å². The van der Waals surface area contributed by atoms with Gasteiger partial charge in [0.25, 0.3) is 0 Å². The highest BCUT2D eigenvalue weighted by Gasteiger charge is 2.36. The largest absolute Gasteiger partial charge is 0.497 e. The fraction of sp³-hybridized carbons (Fsp3) is 0.250. The zero-order valence-electron chi connectivity index (χ0n) is 9.23. The molecule has 0 spiro atoms. The van der Waals surface area contributed by atoms with E-state index in [0.29, 0.717) is 11.3 Å². The summed E-state index contributed by atoms with van der Waals surface area (Å²) in [4.78, 5) is 34.3. The number of rotatable bonds is 3. The van der Waals surface area contributed by atoms with Crippen LogP contribution in [0.5, 0.6) is 5.75 Å². The molecule has 0 radical (unpaired) electrons. The maximum Gasteiger partial charge on any atom is 0.238 e. The van der Waals surface area contributed by atoms with Gasteiger partial charge in [-0.15, -0.1) is 0 Å². The Balaban J connectivity index is 2.19. The molecule has 1 fully saturated rings. The van der Waals surface area contributed by atoms with Crippen LogP contribution in [0.4, 0.5) is 0 Å². The predicted molar refractivity (Wildman–Crippen MR) is 58.6 cm³/mol. The molecule has 1 heterocycles. The third kappa shape index (κ3) is 2.18. The third-order valence-electron chi connectivity index (χ3n) is 2.66. The molecule has 1 aromatic rings. The molecule has 17 heavy (non-hydrogen) atoms. The lowest BCUT2D eigenvalue weighted by atomic mass is 9.96. The summed E-state index contributed by atoms with van der Waals surface area (Å²) in [6.07, 6.45) is -0.0658. The molecule has 1 atom stereocenters. The lowest BCUT2D eigenvalue weighted by Crippen LogP contribution is -2.26. The van der Waals surface area contributed by atoms with E-state index in [9.17, 15) is 14.4 Å². The van der Waals surface area contributed by atoms with Gasteiger partial charge in [0.15, 0.2) is 5.78 Å².